The molecule has 7 nitrogen and oxygen atoms in total. The van der Waals surface area contributed by atoms with E-state index < -0.39 is 25.9 Å². The van der Waals surface area contributed by atoms with Crippen molar-refractivity contribution in [3.05, 3.63) is 17.9 Å². The molecule has 9 heteroatoms. The average Bonchev–Trinajstić information content (AvgIpc) is 2.93. The number of hydrogen-bond acceptors (Lipinski definition) is 6. The van der Waals surface area contributed by atoms with Crippen LogP contribution in [0.25, 0.3) is 0 Å². The van der Waals surface area contributed by atoms with Crippen LogP contribution in [0.3, 0.4) is 0 Å². The van der Waals surface area contributed by atoms with Gasteiger partial charge in [-0.05, 0) is 18.6 Å². The summed E-state index contributed by atoms with van der Waals surface area (Å²) in [6.07, 6.45) is 0.296. The first-order chi connectivity index (χ1) is 9.68. The van der Waals surface area contributed by atoms with Crippen LogP contribution in [0.4, 0.5) is 0 Å². The fourth-order valence-electron chi connectivity index (χ4n) is 2.07. The Balaban J connectivity index is 2.03. The Hall–Kier alpha value is -0.900. The molecule has 1 aromatic heterocycles. The highest BCUT2D eigenvalue weighted by atomic mass is 32.2. The number of sulfonamides is 1. The summed E-state index contributed by atoms with van der Waals surface area (Å²) in [6.45, 7) is 4.39. The lowest BCUT2D eigenvalue weighted by Gasteiger charge is -2.09. The number of hydrogen-bond donors (Lipinski definition) is 2. The zero-order chi connectivity index (χ0) is 15.7. The molecule has 0 bridgehead atoms. The van der Waals surface area contributed by atoms with Gasteiger partial charge in [0.15, 0.2) is 9.84 Å². The van der Waals surface area contributed by atoms with E-state index in [0.29, 0.717) is 18.7 Å². The first kappa shape index (κ1) is 16.5. The van der Waals surface area contributed by atoms with Crippen molar-refractivity contribution in [2.75, 3.05) is 11.5 Å². The third kappa shape index (κ3) is 4.53. The minimum Gasteiger partial charge on any atom is -0.447 e. The summed E-state index contributed by atoms with van der Waals surface area (Å²) in [5.41, 5.74) is 0. The monoisotopic (exact) mass is 336 g/mol. The molecule has 120 valence electrons. The molecule has 0 saturated carbocycles. The van der Waals surface area contributed by atoms with Gasteiger partial charge in [-0.2, -0.15) is 0 Å². The lowest BCUT2D eigenvalue weighted by atomic mass is 10.3. The van der Waals surface area contributed by atoms with Gasteiger partial charge in [-0.15, -0.1) is 0 Å². The Morgan fingerprint density at radius 2 is 2.10 bits per heavy atom. The van der Waals surface area contributed by atoms with Gasteiger partial charge in [0.05, 0.1) is 18.1 Å². The summed E-state index contributed by atoms with van der Waals surface area (Å²) in [5, 5.41) is 2.93. The van der Waals surface area contributed by atoms with Crippen molar-refractivity contribution in [3.8, 4) is 0 Å². The lowest BCUT2D eigenvalue weighted by molar-refractivity contribution is 0.392. The molecular weight excluding hydrogens is 316 g/mol. The number of rotatable bonds is 6. The van der Waals surface area contributed by atoms with Crippen LogP contribution >= 0.6 is 0 Å². The van der Waals surface area contributed by atoms with Crippen LogP contribution in [-0.2, 0) is 26.4 Å². The lowest BCUT2D eigenvalue weighted by Crippen LogP contribution is -2.35. The van der Waals surface area contributed by atoms with Gasteiger partial charge in [0.1, 0.15) is 5.76 Å². The van der Waals surface area contributed by atoms with E-state index in [-0.39, 0.29) is 22.6 Å². The Morgan fingerprint density at radius 3 is 2.67 bits per heavy atom. The average molecular weight is 336 g/mol. The van der Waals surface area contributed by atoms with Gasteiger partial charge >= 0.3 is 0 Å². The largest absolute Gasteiger partial charge is 0.447 e. The standard InChI is InChI=1S/C12H20N2O5S2/c1-9(2)13-7-11-3-4-12(19-11)21(17,18)14-10-5-6-20(15,16)8-10/h3-4,9-10,13-14H,5-8H2,1-2H3. The molecule has 0 radical (unpaired) electrons. The van der Waals surface area contributed by atoms with E-state index in [9.17, 15) is 16.8 Å². The van der Waals surface area contributed by atoms with E-state index in [1.54, 1.807) is 6.07 Å². The van der Waals surface area contributed by atoms with Crippen LogP contribution in [-0.4, -0.2) is 40.4 Å². The molecule has 2 rings (SSSR count). The summed E-state index contributed by atoms with van der Waals surface area (Å²) in [4.78, 5) is 0. The van der Waals surface area contributed by atoms with Crippen molar-refractivity contribution in [3.63, 3.8) is 0 Å². The topological polar surface area (TPSA) is 105 Å². The molecular formula is C12H20N2O5S2. The molecule has 1 aromatic rings. The van der Waals surface area contributed by atoms with Gasteiger partial charge in [-0.1, -0.05) is 13.8 Å². The highest BCUT2D eigenvalue weighted by Crippen LogP contribution is 2.18. The highest BCUT2D eigenvalue weighted by molar-refractivity contribution is 7.92. The van der Waals surface area contributed by atoms with Crippen molar-refractivity contribution < 1.29 is 21.3 Å². The zero-order valence-electron chi connectivity index (χ0n) is 12.0. The summed E-state index contributed by atoms with van der Waals surface area (Å²) in [5.74, 6) is 0.375. The third-order valence-electron chi connectivity index (χ3n) is 3.14. The maximum Gasteiger partial charge on any atom is 0.274 e. The summed E-state index contributed by atoms with van der Waals surface area (Å²) in [7, 11) is -6.95. The van der Waals surface area contributed by atoms with Crippen molar-refractivity contribution >= 4 is 19.9 Å². The van der Waals surface area contributed by atoms with E-state index in [0.717, 1.165) is 0 Å². The van der Waals surface area contributed by atoms with Crippen LogP contribution in [0, 0.1) is 0 Å². The Labute approximate surface area is 125 Å². The first-order valence-electron chi connectivity index (χ1n) is 6.73. The predicted molar refractivity (Wildman–Crippen MR) is 78.1 cm³/mol. The van der Waals surface area contributed by atoms with Gasteiger partial charge in [0.25, 0.3) is 10.0 Å². The smallest absolute Gasteiger partial charge is 0.274 e. The van der Waals surface area contributed by atoms with Gasteiger partial charge in [0, 0.05) is 12.1 Å². The van der Waals surface area contributed by atoms with Crippen molar-refractivity contribution in [1.29, 1.82) is 0 Å². The second kappa shape index (κ2) is 6.07. The summed E-state index contributed by atoms with van der Waals surface area (Å²) in [6, 6.07) is 2.65. The maximum atomic E-state index is 12.1. The number of sulfone groups is 1. The molecule has 0 spiro atoms. The van der Waals surface area contributed by atoms with E-state index in [1.165, 1.54) is 6.07 Å². The van der Waals surface area contributed by atoms with Crippen LogP contribution in [0.5, 0.6) is 0 Å². The summed E-state index contributed by atoms with van der Waals surface area (Å²) < 4.78 is 54.6. The molecule has 2 heterocycles. The van der Waals surface area contributed by atoms with Gasteiger partial charge < -0.3 is 9.73 Å². The SMILES string of the molecule is CC(C)NCc1ccc(S(=O)(=O)NC2CCS(=O)(=O)C2)o1. The molecule has 1 fully saturated rings. The molecule has 0 aliphatic carbocycles. The minimum absolute atomic E-state index is 0.0158. The van der Waals surface area contributed by atoms with E-state index in [1.807, 2.05) is 13.8 Å². The molecule has 2 N–H and O–H groups in total. The van der Waals surface area contributed by atoms with Crippen LogP contribution in [0.15, 0.2) is 21.6 Å². The van der Waals surface area contributed by atoms with Gasteiger partial charge in [0.2, 0.25) is 5.09 Å². The van der Waals surface area contributed by atoms with Crippen LogP contribution in [0.2, 0.25) is 0 Å². The first-order valence-corrected chi connectivity index (χ1v) is 10.0. The molecule has 21 heavy (non-hydrogen) atoms. The number of furan rings is 1. The molecule has 0 amide bonds. The van der Waals surface area contributed by atoms with Crippen molar-refractivity contribution in [2.45, 2.75) is 44.0 Å². The zero-order valence-corrected chi connectivity index (χ0v) is 13.6. The van der Waals surface area contributed by atoms with E-state index in [2.05, 4.69) is 10.0 Å². The van der Waals surface area contributed by atoms with Crippen molar-refractivity contribution in [1.82, 2.24) is 10.0 Å². The highest BCUT2D eigenvalue weighted by Gasteiger charge is 2.32. The van der Waals surface area contributed by atoms with E-state index >= 15 is 0 Å². The number of nitrogens with one attached hydrogen (secondary N) is 2. The Bertz CT molecular complexity index is 691. The molecule has 1 aliphatic heterocycles. The van der Waals surface area contributed by atoms with Crippen LogP contribution < -0.4 is 10.0 Å². The molecule has 1 saturated heterocycles. The van der Waals surface area contributed by atoms with Gasteiger partial charge in [-0.25, -0.2) is 21.6 Å². The second-order valence-corrected chi connectivity index (χ2v) is 9.35. The quantitative estimate of drug-likeness (QED) is 0.771. The third-order valence-corrected chi connectivity index (χ3v) is 6.30. The Kier molecular flexibility index (Phi) is 4.76. The van der Waals surface area contributed by atoms with Gasteiger partial charge in [-0.3, -0.25) is 0 Å². The molecule has 1 aliphatic rings. The normalized spacial score (nSPS) is 22.0. The minimum atomic E-state index is -3.82. The molecule has 1 unspecified atom stereocenters. The maximum absolute atomic E-state index is 12.1. The van der Waals surface area contributed by atoms with Crippen molar-refractivity contribution in [2.24, 2.45) is 0 Å². The second-order valence-electron chi connectivity index (χ2n) is 5.48. The van der Waals surface area contributed by atoms with E-state index in [4.69, 9.17) is 4.42 Å². The molecule has 1 atom stereocenters. The fraction of sp³-hybridized carbons (Fsp3) is 0.667. The fourth-order valence-corrected chi connectivity index (χ4v) is 5.07. The molecule has 0 aromatic carbocycles. The Morgan fingerprint density at radius 1 is 1.38 bits per heavy atom. The van der Waals surface area contributed by atoms with Crippen LogP contribution in [0.1, 0.15) is 26.0 Å². The predicted octanol–water partition coefficient (Wildman–Crippen LogP) is 0.243. The summed E-state index contributed by atoms with van der Waals surface area (Å²) >= 11 is 0.